The number of nitriles is 1. The average Bonchev–Trinajstić information content (AvgIpc) is 2.58. The Morgan fingerprint density at radius 1 is 1.06 bits per heavy atom. The Balaban J connectivity index is 2.70. The lowest BCUT2D eigenvalue weighted by atomic mass is 9.99. The van der Waals surface area contributed by atoms with Gasteiger partial charge in [0, 0.05) is 0 Å². The average molecular weight is 242 g/mol. The fourth-order valence-corrected chi connectivity index (χ4v) is 2.24. The van der Waals surface area contributed by atoms with E-state index in [0.717, 1.165) is 16.0 Å². The van der Waals surface area contributed by atoms with E-state index in [1.165, 1.54) is 0 Å². The molecule has 1 aliphatic rings. The minimum atomic E-state index is -1.13. The van der Waals surface area contributed by atoms with Crippen LogP contribution < -0.4 is 0 Å². The van der Waals surface area contributed by atoms with Crippen molar-refractivity contribution in [3.8, 4) is 6.07 Å². The van der Waals surface area contributed by atoms with E-state index < -0.39 is 5.54 Å². The van der Waals surface area contributed by atoms with Crippen molar-refractivity contribution in [3.05, 3.63) is 34.4 Å². The number of rotatable bonds is 1. The molecular weight excluding hydrogens is 228 g/mol. The number of carbonyl (C=O) groups excluding carboxylic acids is 2. The summed E-state index contributed by atoms with van der Waals surface area (Å²) in [6, 6.07) is 5.65. The molecule has 1 aromatic rings. The number of carbonyl (C=O) groups is 2. The first-order valence-electron chi connectivity index (χ1n) is 5.71. The molecule has 0 saturated heterocycles. The van der Waals surface area contributed by atoms with Crippen molar-refractivity contribution in [1.82, 2.24) is 4.90 Å². The van der Waals surface area contributed by atoms with Crippen molar-refractivity contribution in [3.63, 3.8) is 0 Å². The molecule has 0 unspecified atom stereocenters. The van der Waals surface area contributed by atoms with Crippen LogP contribution in [0.3, 0.4) is 0 Å². The minimum Gasteiger partial charge on any atom is -0.269 e. The first-order valence-corrected chi connectivity index (χ1v) is 5.71. The molecule has 0 N–H and O–H groups in total. The van der Waals surface area contributed by atoms with Crippen molar-refractivity contribution in [1.29, 1.82) is 5.26 Å². The van der Waals surface area contributed by atoms with Gasteiger partial charge >= 0.3 is 0 Å². The number of hydrogen-bond acceptors (Lipinski definition) is 3. The van der Waals surface area contributed by atoms with E-state index in [2.05, 4.69) is 0 Å². The maximum Gasteiger partial charge on any atom is 0.263 e. The highest BCUT2D eigenvalue weighted by Gasteiger charge is 2.45. The molecule has 4 heteroatoms. The van der Waals surface area contributed by atoms with Crippen molar-refractivity contribution in [2.45, 2.75) is 33.2 Å². The van der Waals surface area contributed by atoms with Crippen LogP contribution in [0.1, 0.15) is 45.7 Å². The van der Waals surface area contributed by atoms with Crippen molar-refractivity contribution in [2.24, 2.45) is 0 Å². The SMILES string of the molecule is Cc1ccc(C)c2c1C(=O)N(C(C)(C)C#N)C2=O. The van der Waals surface area contributed by atoms with Crippen molar-refractivity contribution >= 4 is 11.8 Å². The quantitative estimate of drug-likeness (QED) is 0.709. The van der Waals surface area contributed by atoms with E-state index >= 15 is 0 Å². The lowest BCUT2D eigenvalue weighted by Gasteiger charge is -2.26. The molecule has 2 rings (SSSR count). The van der Waals surface area contributed by atoms with E-state index in [0.29, 0.717) is 11.1 Å². The predicted octanol–water partition coefficient (Wildman–Crippen LogP) is 2.20. The molecular formula is C14H14N2O2. The molecule has 0 aromatic heterocycles. The molecule has 18 heavy (non-hydrogen) atoms. The molecule has 92 valence electrons. The zero-order valence-corrected chi connectivity index (χ0v) is 10.9. The second-order valence-corrected chi connectivity index (χ2v) is 5.07. The summed E-state index contributed by atoms with van der Waals surface area (Å²) in [5.41, 5.74) is 1.27. The number of aryl methyl sites for hydroxylation is 2. The van der Waals surface area contributed by atoms with Gasteiger partial charge < -0.3 is 0 Å². The number of hydrogen-bond donors (Lipinski definition) is 0. The highest BCUT2D eigenvalue weighted by atomic mass is 16.2. The van der Waals surface area contributed by atoms with Gasteiger partial charge in [-0.3, -0.25) is 14.5 Å². The Kier molecular flexibility index (Phi) is 2.51. The first kappa shape index (κ1) is 12.3. The number of fused-ring (bicyclic) bond motifs is 1. The number of benzene rings is 1. The Labute approximate surface area is 106 Å². The molecule has 2 amide bonds. The van der Waals surface area contributed by atoms with Crippen LogP contribution in [0.4, 0.5) is 0 Å². The Bertz CT molecular complexity index is 568. The second kappa shape index (κ2) is 3.67. The van der Waals surface area contributed by atoms with E-state index in [1.807, 2.05) is 18.2 Å². The molecule has 0 fully saturated rings. The number of nitrogens with zero attached hydrogens (tertiary/aromatic N) is 2. The van der Waals surface area contributed by atoms with E-state index in [-0.39, 0.29) is 11.8 Å². The normalized spacial score (nSPS) is 14.7. The molecule has 1 aromatic carbocycles. The largest absolute Gasteiger partial charge is 0.269 e. The van der Waals surface area contributed by atoms with Crippen LogP contribution in [-0.4, -0.2) is 22.3 Å². The number of imide groups is 1. The van der Waals surface area contributed by atoms with Gasteiger partial charge in [0.25, 0.3) is 11.8 Å². The molecule has 0 bridgehead atoms. The van der Waals surface area contributed by atoms with E-state index in [1.54, 1.807) is 27.7 Å². The maximum atomic E-state index is 12.3. The van der Waals surface area contributed by atoms with Crippen LogP contribution in [0.2, 0.25) is 0 Å². The summed E-state index contributed by atoms with van der Waals surface area (Å²) >= 11 is 0. The summed E-state index contributed by atoms with van der Waals surface area (Å²) in [4.78, 5) is 25.7. The summed E-state index contributed by atoms with van der Waals surface area (Å²) in [6.45, 7) is 6.73. The molecule has 0 aliphatic carbocycles. The standard InChI is InChI=1S/C14H14N2O2/c1-8-5-6-9(2)11-10(8)12(17)16(13(11)18)14(3,4)7-15/h5-6H,1-4H3. The lowest BCUT2D eigenvalue weighted by Crippen LogP contribution is -2.46. The molecule has 0 atom stereocenters. The van der Waals surface area contributed by atoms with Crippen LogP contribution in [-0.2, 0) is 0 Å². The molecule has 1 aliphatic heterocycles. The van der Waals surface area contributed by atoms with Gasteiger partial charge in [0.05, 0.1) is 17.2 Å². The van der Waals surface area contributed by atoms with Crippen LogP contribution in [0.25, 0.3) is 0 Å². The van der Waals surface area contributed by atoms with E-state index in [9.17, 15) is 9.59 Å². The fourth-order valence-electron chi connectivity index (χ4n) is 2.24. The first-order chi connectivity index (χ1) is 8.31. The molecule has 0 radical (unpaired) electrons. The van der Waals surface area contributed by atoms with Crippen molar-refractivity contribution in [2.75, 3.05) is 0 Å². The monoisotopic (exact) mass is 242 g/mol. The van der Waals surface area contributed by atoms with Crippen LogP contribution in [0.15, 0.2) is 12.1 Å². The van der Waals surface area contributed by atoms with Gasteiger partial charge in [0.2, 0.25) is 0 Å². The highest BCUT2D eigenvalue weighted by Crippen LogP contribution is 2.32. The number of amides is 2. The minimum absolute atomic E-state index is 0.372. The smallest absolute Gasteiger partial charge is 0.263 e. The summed E-state index contributed by atoms with van der Waals surface area (Å²) in [7, 11) is 0. The van der Waals surface area contributed by atoms with Gasteiger partial charge in [0.15, 0.2) is 0 Å². The zero-order valence-electron chi connectivity index (χ0n) is 10.9. The van der Waals surface area contributed by atoms with Crippen molar-refractivity contribution < 1.29 is 9.59 Å². The molecule has 0 spiro atoms. The topological polar surface area (TPSA) is 61.2 Å². The van der Waals surface area contributed by atoms with Gasteiger partial charge in [-0.15, -0.1) is 0 Å². The summed E-state index contributed by atoms with van der Waals surface area (Å²) in [6.07, 6.45) is 0. The van der Waals surface area contributed by atoms with Crippen LogP contribution >= 0.6 is 0 Å². The Hall–Kier alpha value is -2.15. The van der Waals surface area contributed by atoms with Gasteiger partial charge in [-0.1, -0.05) is 12.1 Å². The van der Waals surface area contributed by atoms with Gasteiger partial charge in [-0.05, 0) is 38.8 Å². The van der Waals surface area contributed by atoms with Gasteiger partial charge in [0.1, 0.15) is 5.54 Å². The molecule has 0 saturated carbocycles. The predicted molar refractivity (Wildman–Crippen MR) is 66.1 cm³/mol. The van der Waals surface area contributed by atoms with Gasteiger partial charge in [-0.25, -0.2) is 0 Å². The Morgan fingerprint density at radius 3 is 1.78 bits per heavy atom. The van der Waals surface area contributed by atoms with Gasteiger partial charge in [-0.2, -0.15) is 5.26 Å². The lowest BCUT2D eigenvalue weighted by molar-refractivity contribution is 0.0549. The maximum absolute atomic E-state index is 12.3. The van der Waals surface area contributed by atoms with Crippen LogP contribution in [0.5, 0.6) is 0 Å². The fraction of sp³-hybridized carbons (Fsp3) is 0.357. The Morgan fingerprint density at radius 2 is 1.44 bits per heavy atom. The summed E-state index contributed by atoms with van der Waals surface area (Å²) < 4.78 is 0. The molecule has 1 heterocycles. The third-order valence-electron chi connectivity index (χ3n) is 3.29. The summed E-state index contributed by atoms with van der Waals surface area (Å²) in [5.74, 6) is -0.745. The third kappa shape index (κ3) is 1.44. The van der Waals surface area contributed by atoms with E-state index in [4.69, 9.17) is 5.26 Å². The molecule has 4 nitrogen and oxygen atoms in total. The van der Waals surface area contributed by atoms with Crippen LogP contribution in [0, 0.1) is 25.2 Å². The zero-order chi connectivity index (χ0) is 13.7. The third-order valence-corrected chi connectivity index (χ3v) is 3.29. The highest BCUT2D eigenvalue weighted by molar-refractivity contribution is 6.23. The second-order valence-electron chi connectivity index (χ2n) is 5.07. The summed E-state index contributed by atoms with van der Waals surface area (Å²) in [5, 5.41) is 9.11.